The Morgan fingerprint density at radius 2 is 1.93 bits per heavy atom. The molecule has 1 aliphatic heterocycles. The van der Waals surface area contributed by atoms with Gasteiger partial charge in [0.05, 0.1) is 18.5 Å². The molecule has 0 aliphatic carbocycles. The molecule has 0 unspecified atom stereocenters. The summed E-state index contributed by atoms with van der Waals surface area (Å²) in [6.45, 7) is 4.14. The summed E-state index contributed by atoms with van der Waals surface area (Å²) in [5, 5.41) is 3.88. The number of ether oxygens (including phenoxy) is 2. The zero-order valence-electron chi connectivity index (χ0n) is 15.4. The van der Waals surface area contributed by atoms with Crippen LogP contribution < -0.4 is 9.64 Å². The fourth-order valence-electron chi connectivity index (χ4n) is 2.97. The van der Waals surface area contributed by atoms with Gasteiger partial charge in [0.15, 0.2) is 11.5 Å². The highest BCUT2D eigenvalue weighted by Gasteiger charge is 2.24. The van der Waals surface area contributed by atoms with Crippen LogP contribution in [0.4, 0.5) is 5.69 Å². The minimum Gasteiger partial charge on any atom is -0.495 e. The summed E-state index contributed by atoms with van der Waals surface area (Å²) in [6, 6.07) is 7.82. The number of carbonyl (C=O) groups excluding carboxylic acids is 2. The summed E-state index contributed by atoms with van der Waals surface area (Å²) >= 11 is 0.992. The molecule has 8 nitrogen and oxygen atoms in total. The van der Waals surface area contributed by atoms with Crippen LogP contribution in [0.15, 0.2) is 24.3 Å². The lowest BCUT2D eigenvalue weighted by Gasteiger charge is -2.36. The van der Waals surface area contributed by atoms with E-state index >= 15 is 0 Å². The number of esters is 1. The minimum absolute atomic E-state index is 0.196. The van der Waals surface area contributed by atoms with E-state index in [1.165, 1.54) is 0 Å². The molecule has 27 heavy (non-hydrogen) atoms. The molecule has 0 atom stereocenters. The summed E-state index contributed by atoms with van der Waals surface area (Å²) in [7, 11) is 1.65. The van der Waals surface area contributed by atoms with Crippen molar-refractivity contribution < 1.29 is 19.1 Å². The molecule has 0 spiro atoms. The molecule has 2 heterocycles. The van der Waals surface area contributed by atoms with Gasteiger partial charge in [0, 0.05) is 26.2 Å². The highest BCUT2D eigenvalue weighted by atomic mass is 32.1. The largest absolute Gasteiger partial charge is 0.495 e. The van der Waals surface area contributed by atoms with E-state index < -0.39 is 5.97 Å². The molecule has 144 valence electrons. The Morgan fingerprint density at radius 1 is 1.19 bits per heavy atom. The molecule has 1 fully saturated rings. The number of anilines is 1. The molecule has 0 radical (unpaired) electrons. The molecule has 1 aromatic carbocycles. The van der Waals surface area contributed by atoms with Crippen LogP contribution in [-0.2, 0) is 16.0 Å². The van der Waals surface area contributed by atoms with Gasteiger partial charge >= 0.3 is 5.97 Å². The summed E-state index contributed by atoms with van der Waals surface area (Å²) in [4.78, 5) is 28.7. The van der Waals surface area contributed by atoms with Gasteiger partial charge in [0.1, 0.15) is 5.75 Å². The second-order valence-corrected chi connectivity index (χ2v) is 6.77. The first-order valence-corrected chi connectivity index (χ1v) is 9.55. The molecule has 1 amide bonds. The van der Waals surface area contributed by atoms with Crippen LogP contribution in [0.3, 0.4) is 0 Å². The van der Waals surface area contributed by atoms with Crippen LogP contribution in [0.1, 0.15) is 22.3 Å². The molecular formula is C18H22N4O4S. The number of hydrogen-bond donors (Lipinski definition) is 0. The van der Waals surface area contributed by atoms with Crippen molar-refractivity contribution >= 4 is 29.1 Å². The number of para-hydroxylation sites is 2. The van der Waals surface area contributed by atoms with E-state index in [0.29, 0.717) is 43.2 Å². The SMILES string of the molecule is CCc1nnsc1C(=O)OCC(=O)N1CCN(c2ccccc2OC)CC1. The van der Waals surface area contributed by atoms with Crippen molar-refractivity contribution in [3.63, 3.8) is 0 Å². The van der Waals surface area contributed by atoms with Gasteiger partial charge in [-0.2, -0.15) is 0 Å². The average molecular weight is 390 g/mol. The number of hydrogen-bond acceptors (Lipinski definition) is 8. The first-order chi connectivity index (χ1) is 13.1. The molecule has 1 saturated heterocycles. The number of methoxy groups -OCH3 is 1. The number of amides is 1. The Hall–Kier alpha value is -2.68. The number of carbonyl (C=O) groups is 2. The molecule has 0 bridgehead atoms. The Bertz CT molecular complexity index is 802. The molecule has 0 N–H and O–H groups in total. The maximum atomic E-state index is 12.4. The van der Waals surface area contributed by atoms with Crippen molar-refractivity contribution in [1.29, 1.82) is 0 Å². The third-order valence-electron chi connectivity index (χ3n) is 4.46. The van der Waals surface area contributed by atoms with Crippen LogP contribution in [-0.4, -0.2) is 66.3 Å². The van der Waals surface area contributed by atoms with E-state index in [1.54, 1.807) is 12.0 Å². The Kier molecular flexibility index (Phi) is 6.23. The molecule has 1 aliphatic rings. The average Bonchev–Trinajstić information content (AvgIpc) is 3.21. The summed E-state index contributed by atoms with van der Waals surface area (Å²) in [5.74, 6) is 0.0810. The molecule has 3 rings (SSSR count). The highest BCUT2D eigenvalue weighted by molar-refractivity contribution is 7.07. The summed E-state index contributed by atoms with van der Waals surface area (Å²) in [5.41, 5.74) is 1.62. The molecular weight excluding hydrogens is 368 g/mol. The van der Waals surface area contributed by atoms with E-state index in [0.717, 1.165) is 23.0 Å². The van der Waals surface area contributed by atoms with E-state index in [9.17, 15) is 9.59 Å². The first-order valence-electron chi connectivity index (χ1n) is 8.78. The van der Waals surface area contributed by atoms with E-state index in [1.807, 2.05) is 31.2 Å². The minimum atomic E-state index is -0.539. The number of benzene rings is 1. The van der Waals surface area contributed by atoms with Crippen LogP contribution in [0.2, 0.25) is 0 Å². The number of aryl methyl sites for hydroxylation is 1. The zero-order chi connectivity index (χ0) is 19.2. The standard InChI is InChI=1S/C18H22N4O4S/c1-3-13-17(27-20-19-13)18(24)26-12-16(23)22-10-8-21(9-11-22)14-6-4-5-7-15(14)25-2/h4-7H,3,8-12H2,1-2H3. The van der Waals surface area contributed by atoms with E-state index in [2.05, 4.69) is 14.5 Å². The smallest absolute Gasteiger partial charge is 0.352 e. The number of rotatable bonds is 6. The zero-order valence-corrected chi connectivity index (χ0v) is 16.2. The normalized spacial score (nSPS) is 14.1. The van der Waals surface area contributed by atoms with Gasteiger partial charge in [-0.25, -0.2) is 4.79 Å². The van der Waals surface area contributed by atoms with Crippen molar-refractivity contribution in [2.45, 2.75) is 13.3 Å². The number of aromatic nitrogens is 2. The van der Waals surface area contributed by atoms with Gasteiger partial charge < -0.3 is 19.3 Å². The van der Waals surface area contributed by atoms with Gasteiger partial charge in [-0.3, -0.25) is 4.79 Å². The van der Waals surface area contributed by atoms with Crippen LogP contribution >= 0.6 is 11.5 Å². The van der Waals surface area contributed by atoms with Gasteiger partial charge in [0.2, 0.25) is 0 Å². The van der Waals surface area contributed by atoms with Crippen LogP contribution in [0.25, 0.3) is 0 Å². The second kappa shape index (κ2) is 8.81. The topological polar surface area (TPSA) is 84.9 Å². The van der Waals surface area contributed by atoms with Gasteiger partial charge in [-0.1, -0.05) is 23.5 Å². The van der Waals surface area contributed by atoms with Gasteiger partial charge in [-0.15, -0.1) is 5.10 Å². The predicted molar refractivity (Wildman–Crippen MR) is 101 cm³/mol. The fourth-order valence-corrected chi connectivity index (χ4v) is 3.61. The molecule has 0 saturated carbocycles. The second-order valence-electron chi connectivity index (χ2n) is 6.02. The maximum absolute atomic E-state index is 12.4. The van der Waals surface area contributed by atoms with Crippen molar-refractivity contribution in [2.24, 2.45) is 0 Å². The van der Waals surface area contributed by atoms with E-state index in [4.69, 9.17) is 9.47 Å². The van der Waals surface area contributed by atoms with Gasteiger partial charge in [0.25, 0.3) is 5.91 Å². The van der Waals surface area contributed by atoms with Crippen LogP contribution in [0, 0.1) is 0 Å². The van der Waals surface area contributed by atoms with Crippen molar-refractivity contribution in [1.82, 2.24) is 14.5 Å². The highest BCUT2D eigenvalue weighted by Crippen LogP contribution is 2.28. The fraction of sp³-hybridized carbons (Fsp3) is 0.444. The summed E-state index contributed by atoms with van der Waals surface area (Å²) < 4.78 is 14.3. The number of nitrogens with zero attached hydrogens (tertiary/aromatic N) is 4. The number of piperazine rings is 1. The lowest BCUT2D eigenvalue weighted by Crippen LogP contribution is -2.50. The van der Waals surface area contributed by atoms with E-state index in [-0.39, 0.29) is 12.5 Å². The van der Waals surface area contributed by atoms with Crippen molar-refractivity contribution in [3.05, 3.63) is 34.8 Å². The van der Waals surface area contributed by atoms with Crippen molar-refractivity contribution in [2.75, 3.05) is 44.8 Å². The van der Waals surface area contributed by atoms with Gasteiger partial charge in [-0.05, 0) is 30.1 Å². The lowest BCUT2D eigenvalue weighted by atomic mass is 10.2. The third kappa shape index (κ3) is 4.36. The molecule has 2 aromatic rings. The molecule has 9 heteroatoms. The van der Waals surface area contributed by atoms with Crippen molar-refractivity contribution in [3.8, 4) is 5.75 Å². The maximum Gasteiger partial charge on any atom is 0.352 e. The summed E-state index contributed by atoms with van der Waals surface area (Å²) in [6.07, 6.45) is 0.597. The third-order valence-corrected chi connectivity index (χ3v) is 5.21. The quantitative estimate of drug-likeness (QED) is 0.693. The predicted octanol–water partition coefficient (Wildman–Crippen LogP) is 1.61. The first kappa shape index (κ1) is 19.1. The molecule has 1 aromatic heterocycles. The van der Waals surface area contributed by atoms with Crippen LogP contribution in [0.5, 0.6) is 5.75 Å². The Morgan fingerprint density at radius 3 is 2.63 bits per heavy atom. The Balaban J connectivity index is 1.51. The Labute approximate surface area is 161 Å². The lowest BCUT2D eigenvalue weighted by molar-refractivity contribution is -0.134. The monoisotopic (exact) mass is 390 g/mol.